The van der Waals surface area contributed by atoms with Gasteiger partial charge in [-0.05, 0) is 23.4 Å². The Kier molecular flexibility index (Phi) is 5.20. The van der Waals surface area contributed by atoms with Gasteiger partial charge in [0.15, 0.2) is 0 Å². The van der Waals surface area contributed by atoms with Crippen molar-refractivity contribution in [2.45, 2.75) is 19.0 Å². The molecule has 0 aliphatic rings. The summed E-state index contributed by atoms with van der Waals surface area (Å²) in [5.41, 5.74) is 1.19. The fourth-order valence-electron chi connectivity index (χ4n) is 1.87. The summed E-state index contributed by atoms with van der Waals surface area (Å²) in [5, 5.41) is 15.4. The molecule has 1 atom stereocenters. The van der Waals surface area contributed by atoms with Crippen LogP contribution in [-0.4, -0.2) is 11.7 Å². The molecule has 1 heterocycles. The molecule has 0 radical (unpaired) electrons. The van der Waals surface area contributed by atoms with E-state index in [1.807, 2.05) is 29.6 Å². The van der Waals surface area contributed by atoms with E-state index >= 15 is 0 Å². The van der Waals surface area contributed by atoms with Crippen molar-refractivity contribution in [1.82, 2.24) is 5.32 Å². The zero-order valence-electron chi connectivity index (χ0n) is 9.97. The van der Waals surface area contributed by atoms with Gasteiger partial charge in [-0.2, -0.15) is 0 Å². The van der Waals surface area contributed by atoms with Crippen LogP contribution in [-0.2, 0) is 6.54 Å². The minimum atomic E-state index is 0.161. The Morgan fingerprint density at radius 1 is 1.22 bits per heavy atom. The summed E-state index contributed by atoms with van der Waals surface area (Å²) in [5.74, 6) is 0. The number of aliphatic hydroxyl groups is 1. The van der Waals surface area contributed by atoms with Crippen molar-refractivity contribution in [3.63, 3.8) is 0 Å². The molecular weight excluding hydrogens is 266 g/mol. The molecule has 1 aromatic carbocycles. The van der Waals surface area contributed by atoms with E-state index in [1.54, 1.807) is 11.3 Å². The van der Waals surface area contributed by atoms with E-state index < -0.39 is 0 Å². The minimum Gasteiger partial charge on any atom is -0.396 e. The summed E-state index contributed by atoms with van der Waals surface area (Å²) in [6.45, 7) is 0.904. The fourth-order valence-corrected chi connectivity index (χ4v) is 2.92. The van der Waals surface area contributed by atoms with Crippen LogP contribution >= 0.6 is 22.9 Å². The predicted molar refractivity (Wildman–Crippen MR) is 77.1 cm³/mol. The molecule has 0 aliphatic heterocycles. The third-order valence-corrected chi connectivity index (χ3v) is 4.21. The lowest BCUT2D eigenvalue weighted by molar-refractivity contribution is 0.265. The lowest BCUT2D eigenvalue weighted by Gasteiger charge is -2.18. The van der Waals surface area contributed by atoms with Crippen molar-refractivity contribution in [3.8, 4) is 0 Å². The molecular formula is C14H16ClNOS. The van der Waals surface area contributed by atoms with Gasteiger partial charge in [-0.3, -0.25) is 0 Å². The summed E-state index contributed by atoms with van der Waals surface area (Å²) < 4.78 is 0. The first-order valence-corrected chi connectivity index (χ1v) is 7.18. The van der Waals surface area contributed by atoms with E-state index in [2.05, 4.69) is 17.4 Å². The molecule has 1 aromatic heterocycles. The second-order valence-electron chi connectivity index (χ2n) is 4.05. The maximum Gasteiger partial charge on any atom is 0.0558 e. The molecule has 0 spiro atoms. The standard InChI is InChI=1S/C14H16ClNOS/c15-12-7-9-18-14(12)10-16-13(6-8-17)11-4-2-1-3-5-11/h1-5,7,9,13,16-17H,6,8,10H2/t13-/m1/s1. The zero-order valence-corrected chi connectivity index (χ0v) is 11.5. The molecule has 4 heteroatoms. The van der Waals surface area contributed by atoms with Crippen LogP contribution in [0.3, 0.4) is 0 Å². The van der Waals surface area contributed by atoms with Gasteiger partial charge in [0.1, 0.15) is 0 Å². The van der Waals surface area contributed by atoms with Crippen LogP contribution in [0.5, 0.6) is 0 Å². The summed E-state index contributed by atoms with van der Waals surface area (Å²) >= 11 is 7.72. The van der Waals surface area contributed by atoms with Crippen molar-refractivity contribution in [2.75, 3.05) is 6.61 Å². The quantitative estimate of drug-likeness (QED) is 0.848. The van der Waals surface area contributed by atoms with E-state index in [0.29, 0.717) is 6.42 Å². The van der Waals surface area contributed by atoms with Crippen molar-refractivity contribution >= 4 is 22.9 Å². The van der Waals surface area contributed by atoms with Gasteiger partial charge in [0.2, 0.25) is 0 Å². The first kappa shape index (κ1) is 13.6. The molecule has 0 fully saturated rings. The molecule has 2 rings (SSSR count). The van der Waals surface area contributed by atoms with Crippen LogP contribution in [0, 0.1) is 0 Å². The van der Waals surface area contributed by atoms with Crippen LogP contribution in [0.4, 0.5) is 0 Å². The van der Waals surface area contributed by atoms with Crippen LogP contribution in [0.1, 0.15) is 22.9 Å². The Morgan fingerprint density at radius 3 is 2.61 bits per heavy atom. The highest BCUT2D eigenvalue weighted by Crippen LogP contribution is 2.23. The molecule has 18 heavy (non-hydrogen) atoms. The second-order valence-corrected chi connectivity index (χ2v) is 5.46. The molecule has 2 aromatic rings. The molecule has 2 N–H and O–H groups in total. The molecule has 0 saturated heterocycles. The van der Waals surface area contributed by atoms with Gasteiger partial charge < -0.3 is 10.4 Å². The first-order chi connectivity index (χ1) is 8.81. The SMILES string of the molecule is OCC[C@@H](NCc1sccc1Cl)c1ccccc1. The molecule has 0 saturated carbocycles. The third kappa shape index (κ3) is 3.56. The Hall–Kier alpha value is -0.870. The topological polar surface area (TPSA) is 32.3 Å². The fraction of sp³-hybridized carbons (Fsp3) is 0.286. The largest absolute Gasteiger partial charge is 0.396 e. The lowest BCUT2D eigenvalue weighted by atomic mass is 10.0. The number of halogens is 1. The highest BCUT2D eigenvalue weighted by molar-refractivity contribution is 7.10. The highest BCUT2D eigenvalue weighted by atomic mass is 35.5. The van der Waals surface area contributed by atoms with Crippen molar-refractivity contribution in [3.05, 3.63) is 57.2 Å². The summed E-state index contributed by atoms with van der Waals surface area (Å²) in [4.78, 5) is 1.13. The van der Waals surface area contributed by atoms with Crippen LogP contribution < -0.4 is 5.32 Å². The molecule has 0 bridgehead atoms. The van der Waals surface area contributed by atoms with Crippen LogP contribution in [0.25, 0.3) is 0 Å². The zero-order chi connectivity index (χ0) is 12.8. The summed E-state index contributed by atoms with van der Waals surface area (Å²) in [6, 6.07) is 12.2. The molecule has 0 aliphatic carbocycles. The number of hydrogen-bond donors (Lipinski definition) is 2. The van der Waals surface area contributed by atoms with Gasteiger partial charge in [0.25, 0.3) is 0 Å². The van der Waals surface area contributed by atoms with Crippen molar-refractivity contribution in [2.24, 2.45) is 0 Å². The van der Waals surface area contributed by atoms with Gasteiger partial charge in [-0.1, -0.05) is 41.9 Å². The monoisotopic (exact) mass is 281 g/mol. The van der Waals surface area contributed by atoms with Gasteiger partial charge in [-0.25, -0.2) is 0 Å². The van der Waals surface area contributed by atoms with E-state index in [1.165, 1.54) is 5.56 Å². The van der Waals surface area contributed by atoms with E-state index in [0.717, 1.165) is 16.4 Å². The van der Waals surface area contributed by atoms with Crippen LogP contribution in [0.2, 0.25) is 5.02 Å². The maximum absolute atomic E-state index is 9.15. The van der Waals surface area contributed by atoms with Crippen molar-refractivity contribution in [1.29, 1.82) is 0 Å². The number of rotatable bonds is 6. The number of thiophene rings is 1. The minimum absolute atomic E-state index is 0.161. The van der Waals surface area contributed by atoms with E-state index in [9.17, 15) is 0 Å². The normalized spacial score (nSPS) is 12.6. The lowest BCUT2D eigenvalue weighted by Crippen LogP contribution is -2.21. The van der Waals surface area contributed by atoms with Crippen molar-refractivity contribution < 1.29 is 5.11 Å². The Bertz CT molecular complexity index is 472. The van der Waals surface area contributed by atoms with Gasteiger partial charge in [0.05, 0.1) is 5.02 Å². The smallest absolute Gasteiger partial charge is 0.0558 e. The van der Waals surface area contributed by atoms with Gasteiger partial charge in [0, 0.05) is 24.1 Å². The summed E-state index contributed by atoms with van der Waals surface area (Å²) in [7, 11) is 0. The highest BCUT2D eigenvalue weighted by Gasteiger charge is 2.11. The second kappa shape index (κ2) is 6.90. The maximum atomic E-state index is 9.15. The first-order valence-electron chi connectivity index (χ1n) is 5.92. The molecule has 96 valence electrons. The molecule has 0 amide bonds. The number of nitrogens with one attached hydrogen (secondary N) is 1. The van der Waals surface area contributed by atoms with Gasteiger partial charge >= 0.3 is 0 Å². The average molecular weight is 282 g/mol. The Morgan fingerprint density at radius 2 is 2.00 bits per heavy atom. The number of benzene rings is 1. The summed E-state index contributed by atoms with van der Waals surface area (Å²) in [6.07, 6.45) is 0.701. The number of aliphatic hydroxyl groups excluding tert-OH is 1. The number of hydrogen-bond acceptors (Lipinski definition) is 3. The van der Waals surface area contributed by atoms with Gasteiger partial charge in [-0.15, -0.1) is 11.3 Å². The van der Waals surface area contributed by atoms with E-state index in [-0.39, 0.29) is 12.6 Å². The third-order valence-electron chi connectivity index (χ3n) is 2.82. The molecule has 0 unspecified atom stereocenters. The Labute approximate surface area is 116 Å². The average Bonchev–Trinajstić information content (AvgIpc) is 2.81. The predicted octanol–water partition coefficient (Wildman–Crippen LogP) is 3.61. The Balaban J connectivity index is 2.01. The molecule has 2 nitrogen and oxygen atoms in total. The van der Waals surface area contributed by atoms with E-state index in [4.69, 9.17) is 16.7 Å². The van der Waals surface area contributed by atoms with Crippen LogP contribution in [0.15, 0.2) is 41.8 Å².